The van der Waals surface area contributed by atoms with Crippen LogP contribution in [0.1, 0.15) is 10.5 Å². The zero-order valence-electron chi connectivity index (χ0n) is 9.38. The molecule has 1 aromatic heterocycles. The number of ether oxygens (including phenoxy) is 1. The van der Waals surface area contributed by atoms with Gasteiger partial charge in [0, 0.05) is 11.8 Å². The Bertz CT molecular complexity index is 536. The van der Waals surface area contributed by atoms with Gasteiger partial charge in [-0.15, -0.1) is 0 Å². The molecule has 4 nitrogen and oxygen atoms in total. The van der Waals surface area contributed by atoms with Gasteiger partial charge in [-0.1, -0.05) is 12.1 Å². The van der Waals surface area contributed by atoms with Crippen LogP contribution >= 0.6 is 0 Å². The van der Waals surface area contributed by atoms with E-state index in [4.69, 9.17) is 10.5 Å². The highest BCUT2D eigenvalue weighted by atomic mass is 16.5. The van der Waals surface area contributed by atoms with Gasteiger partial charge in [0.25, 0.3) is 0 Å². The van der Waals surface area contributed by atoms with E-state index in [2.05, 4.69) is 4.98 Å². The van der Waals surface area contributed by atoms with Gasteiger partial charge in [-0.2, -0.15) is 0 Å². The van der Waals surface area contributed by atoms with Crippen LogP contribution in [0.5, 0.6) is 5.75 Å². The summed E-state index contributed by atoms with van der Waals surface area (Å²) in [7, 11) is 1.58. The summed E-state index contributed by atoms with van der Waals surface area (Å²) in [6.07, 6.45) is 2.36. The topological polar surface area (TPSA) is 65.2 Å². The Morgan fingerprint density at radius 1 is 1.24 bits per heavy atom. The Hall–Kier alpha value is -2.36. The van der Waals surface area contributed by atoms with E-state index in [0.717, 1.165) is 11.1 Å². The van der Waals surface area contributed by atoms with Crippen molar-refractivity contribution in [3.05, 3.63) is 42.2 Å². The minimum Gasteiger partial charge on any atom is -0.495 e. The van der Waals surface area contributed by atoms with Gasteiger partial charge in [-0.25, -0.2) is 0 Å². The van der Waals surface area contributed by atoms with E-state index >= 15 is 0 Å². The molecule has 0 aliphatic heterocycles. The molecule has 0 aliphatic carbocycles. The first-order valence-corrected chi connectivity index (χ1v) is 5.09. The molecule has 0 aliphatic rings. The number of rotatable bonds is 3. The average Bonchev–Trinajstić information content (AvgIpc) is 2.39. The lowest BCUT2D eigenvalue weighted by Crippen LogP contribution is -1.93. The summed E-state index contributed by atoms with van der Waals surface area (Å²) in [6, 6.07) is 9.02. The number of anilines is 1. The first-order valence-electron chi connectivity index (χ1n) is 5.09. The molecule has 4 heteroatoms. The Kier molecular flexibility index (Phi) is 3.05. The number of nitrogens with zero attached hydrogens (tertiary/aromatic N) is 1. The summed E-state index contributed by atoms with van der Waals surface area (Å²) < 4.78 is 5.09. The van der Waals surface area contributed by atoms with Crippen LogP contribution in [0.2, 0.25) is 0 Å². The Morgan fingerprint density at radius 2 is 2.00 bits per heavy atom. The van der Waals surface area contributed by atoms with Crippen LogP contribution in [0.25, 0.3) is 11.1 Å². The maximum Gasteiger partial charge on any atom is 0.168 e. The van der Waals surface area contributed by atoms with Crippen molar-refractivity contribution in [3.8, 4) is 16.9 Å². The third-order valence-electron chi connectivity index (χ3n) is 2.47. The number of pyridine rings is 1. The number of hydrogen-bond donors (Lipinski definition) is 1. The smallest absolute Gasteiger partial charge is 0.168 e. The summed E-state index contributed by atoms with van der Waals surface area (Å²) in [5.41, 5.74) is 8.66. The first-order chi connectivity index (χ1) is 8.24. The standard InChI is InChI=1S/C13H12N2O2/c1-17-13-5-3-9(6-12(13)14)10-2-4-11(8-16)15-7-10/h2-8H,14H2,1H3. The van der Waals surface area contributed by atoms with Crippen molar-refractivity contribution in [2.24, 2.45) is 0 Å². The molecule has 0 saturated heterocycles. The molecule has 1 aromatic carbocycles. The predicted octanol–water partition coefficient (Wildman–Crippen LogP) is 2.15. The molecule has 1 heterocycles. The van der Waals surface area contributed by atoms with Gasteiger partial charge in [0.1, 0.15) is 11.4 Å². The number of nitrogen functional groups attached to an aromatic ring is 1. The van der Waals surface area contributed by atoms with Crippen LogP contribution in [0.4, 0.5) is 5.69 Å². The Morgan fingerprint density at radius 3 is 2.53 bits per heavy atom. The lowest BCUT2D eigenvalue weighted by molar-refractivity contribution is 0.111. The maximum absolute atomic E-state index is 10.5. The molecule has 2 rings (SSSR count). The van der Waals surface area contributed by atoms with Crippen LogP contribution < -0.4 is 10.5 Å². The van der Waals surface area contributed by atoms with E-state index in [1.165, 1.54) is 0 Å². The van der Waals surface area contributed by atoms with E-state index in [1.54, 1.807) is 25.4 Å². The molecule has 86 valence electrons. The van der Waals surface area contributed by atoms with E-state index in [9.17, 15) is 4.79 Å². The molecule has 0 saturated carbocycles. The van der Waals surface area contributed by atoms with Crippen LogP contribution in [0, 0.1) is 0 Å². The van der Waals surface area contributed by atoms with E-state index in [0.29, 0.717) is 23.4 Å². The van der Waals surface area contributed by atoms with Crippen molar-refractivity contribution >= 4 is 12.0 Å². The molecule has 2 N–H and O–H groups in total. The lowest BCUT2D eigenvalue weighted by atomic mass is 10.1. The summed E-state index contributed by atoms with van der Waals surface area (Å²) in [5.74, 6) is 0.645. The van der Waals surface area contributed by atoms with Crippen molar-refractivity contribution in [3.63, 3.8) is 0 Å². The van der Waals surface area contributed by atoms with E-state index < -0.39 is 0 Å². The molecule has 0 unspecified atom stereocenters. The SMILES string of the molecule is COc1ccc(-c2ccc(C=O)nc2)cc1N. The van der Waals surface area contributed by atoms with Crippen LogP contribution in [-0.4, -0.2) is 18.4 Å². The number of carbonyl (C=O) groups excluding carboxylic acids is 1. The van der Waals surface area contributed by atoms with Gasteiger partial charge in [0.2, 0.25) is 0 Å². The second kappa shape index (κ2) is 4.65. The van der Waals surface area contributed by atoms with Crippen molar-refractivity contribution in [2.75, 3.05) is 12.8 Å². The fourth-order valence-electron chi connectivity index (χ4n) is 1.56. The first kappa shape index (κ1) is 11.1. The van der Waals surface area contributed by atoms with Crippen LogP contribution in [0.15, 0.2) is 36.5 Å². The average molecular weight is 228 g/mol. The lowest BCUT2D eigenvalue weighted by Gasteiger charge is -2.07. The van der Waals surface area contributed by atoms with Gasteiger partial charge in [-0.05, 0) is 23.8 Å². The van der Waals surface area contributed by atoms with Gasteiger partial charge < -0.3 is 10.5 Å². The van der Waals surface area contributed by atoms with E-state index in [1.807, 2.05) is 18.2 Å². The number of benzene rings is 1. The van der Waals surface area contributed by atoms with Crippen molar-refractivity contribution in [2.45, 2.75) is 0 Å². The third kappa shape index (κ3) is 2.25. The Labute approximate surface area is 99.1 Å². The molecule has 17 heavy (non-hydrogen) atoms. The maximum atomic E-state index is 10.5. The zero-order valence-corrected chi connectivity index (χ0v) is 9.38. The van der Waals surface area contributed by atoms with Crippen molar-refractivity contribution in [1.82, 2.24) is 4.98 Å². The van der Waals surface area contributed by atoms with Crippen molar-refractivity contribution < 1.29 is 9.53 Å². The molecule has 2 aromatic rings. The van der Waals surface area contributed by atoms with Gasteiger partial charge in [0.15, 0.2) is 6.29 Å². The summed E-state index contributed by atoms with van der Waals surface area (Å²) in [4.78, 5) is 14.5. The zero-order chi connectivity index (χ0) is 12.3. The molecular weight excluding hydrogens is 216 g/mol. The number of nitrogens with two attached hydrogens (primary N) is 1. The Balaban J connectivity index is 2.38. The number of carbonyl (C=O) groups is 1. The molecule has 0 amide bonds. The number of methoxy groups -OCH3 is 1. The summed E-state index contributed by atoms with van der Waals surface area (Å²) in [6.45, 7) is 0. The van der Waals surface area contributed by atoms with Gasteiger partial charge in [0.05, 0.1) is 12.8 Å². The second-order valence-electron chi connectivity index (χ2n) is 3.55. The molecule has 0 bridgehead atoms. The molecule has 0 atom stereocenters. The number of hydrogen-bond acceptors (Lipinski definition) is 4. The van der Waals surface area contributed by atoms with Crippen LogP contribution in [-0.2, 0) is 0 Å². The molecule has 0 spiro atoms. The highest BCUT2D eigenvalue weighted by molar-refractivity contribution is 5.75. The largest absolute Gasteiger partial charge is 0.495 e. The minimum absolute atomic E-state index is 0.412. The normalized spacial score (nSPS) is 9.94. The fourth-order valence-corrected chi connectivity index (χ4v) is 1.56. The number of aldehydes is 1. The van der Waals surface area contributed by atoms with E-state index in [-0.39, 0.29) is 0 Å². The summed E-state index contributed by atoms with van der Waals surface area (Å²) in [5, 5.41) is 0. The molecule has 0 radical (unpaired) electrons. The van der Waals surface area contributed by atoms with Crippen molar-refractivity contribution in [1.29, 1.82) is 0 Å². The highest BCUT2D eigenvalue weighted by Crippen LogP contribution is 2.27. The number of aromatic nitrogens is 1. The third-order valence-corrected chi connectivity index (χ3v) is 2.47. The second-order valence-corrected chi connectivity index (χ2v) is 3.55. The van der Waals surface area contributed by atoms with Crippen LogP contribution in [0.3, 0.4) is 0 Å². The molecular formula is C13H12N2O2. The fraction of sp³-hybridized carbons (Fsp3) is 0.0769. The highest BCUT2D eigenvalue weighted by Gasteiger charge is 2.03. The summed E-state index contributed by atoms with van der Waals surface area (Å²) >= 11 is 0. The quantitative estimate of drug-likeness (QED) is 0.645. The monoisotopic (exact) mass is 228 g/mol. The van der Waals surface area contributed by atoms with Gasteiger partial charge >= 0.3 is 0 Å². The predicted molar refractivity (Wildman–Crippen MR) is 66.0 cm³/mol. The van der Waals surface area contributed by atoms with Gasteiger partial charge in [-0.3, -0.25) is 9.78 Å². The minimum atomic E-state index is 0.412. The molecule has 0 fully saturated rings.